The summed E-state index contributed by atoms with van der Waals surface area (Å²) in [6.45, 7) is 1.77. The number of fused-ring (bicyclic) bond motifs is 3. The van der Waals surface area contributed by atoms with Gasteiger partial charge in [-0.25, -0.2) is 9.78 Å². The lowest BCUT2D eigenvalue weighted by Crippen LogP contribution is -2.42. The molecule has 0 aliphatic heterocycles. The maximum absolute atomic E-state index is 12.9. The van der Waals surface area contributed by atoms with E-state index in [-0.39, 0.29) is 18.6 Å². The first-order valence-corrected chi connectivity index (χ1v) is 11.0. The number of ether oxygens (including phenoxy) is 1. The number of rotatable bonds is 6. The standard InChI is InChI=1S/C25H26N2O4/c1-15(19-12-16-8-9-17(19)11-16)26-24(28)14-31-25(29)20-13-22(23-7-4-10-30-23)27-21-6-3-2-5-18(20)21/h2-7,10,13,15-17,19H,8-9,11-12,14H2,1H3,(H,26,28)/t15-,16-,17-,19-/m0/s1. The lowest BCUT2D eigenvalue weighted by Gasteiger charge is -2.28. The molecular formula is C25H26N2O4. The highest BCUT2D eigenvalue weighted by Gasteiger charge is 2.42. The summed E-state index contributed by atoms with van der Waals surface area (Å²) >= 11 is 0. The molecule has 2 bridgehead atoms. The van der Waals surface area contributed by atoms with E-state index >= 15 is 0 Å². The van der Waals surface area contributed by atoms with E-state index in [2.05, 4.69) is 17.2 Å². The minimum absolute atomic E-state index is 0.105. The monoisotopic (exact) mass is 418 g/mol. The number of aromatic nitrogens is 1. The summed E-state index contributed by atoms with van der Waals surface area (Å²) in [4.78, 5) is 29.9. The van der Waals surface area contributed by atoms with Crippen LogP contribution in [-0.2, 0) is 9.53 Å². The number of pyridine rings is 1. The quantitative estimate of drug-likeness (QED) is 0.592. The Morgan fingerprint density at radius 3 is 2.81 bits per heavy atom. The van der Waals surface area contributed by atoms with E-state index in [0.717, 1.165) is 11.8 Å². The molecular weight excluding hydrogens is 392 g/mol. The molecule has 1 amide bonds. The minimum Gasteiger partial charge on any atom is -0.463 e. The summed E-state index contributed by atoms with van der Waals surface area (Å²) in [7, 11) is 0. The normalized spacial score (nSPS) is 23.1. The van der Waals surface area contributed by atoms with E-state index in [4.69, 9.17) is 9.15 Å². The van der Waals surface area contributed by atoms with Crippen LogP contribution in [0.4, 0.5) is 0 Å². The molecule has 160 valence electrons. The van der Waals surface area contributed by atoms with Crippen LogP contribution in [0.3, 0.4) is 0 Å². The van der Waals surface area contributed by atoms with Crippen molar-refractivity contribution in [3.63, 3.8) is 0 Å². The number of esters is 1. The first kappa shape index (κ1) is 19.8. The zero-order chi connectivity index (χ0) is 21.4. The summed E-state index contributed by atoms with van der Waals surface area (Å²) in [6.07, 6.45) is 6.67. The molecule has 0 spiro atoms. The molecule has 0 radical (unpaired) electrons. The van der Waals surface area contributed by atoms with Crippen LogP contribution in [0.15, 0.2) is 53.1 Å². The average Bonchev–Trinajstić information content (AvgIpc) is 3.55. The second-order valence-electron chi connectivity index (χ2n) is 8.82. The molecule has 4 atom stereocenters. The van der Waals surface area contributed by atoms with Crippen LogP contribution in [-0.4, -0.2) is 29.5 Å². The molecule has 1 N–H and O–H groups in total. The first-order chi connectivity index (χ1) is 15.1. The number of para-hydroxylation sites is 1. The summed E-state index contributed by atoms with van der Waals surface area (Å²) in [6, 6.07) is 12.7. The maximum Gasteiger partial charge on any atom is 0.339 e. The molecule has 0 unspecified atom stereocenters. The van der Waals surface area contributed by atoms with Crippen molar-refractivity contribution >= 4 is 22.8 Å². The zero-order valence-electron chi connectivity index (χ0n) is 17.5. The van der Waals surface area contributed by atoms with Gasteiger partial charge < -0.3 is 14.5 Å². The van der Waals surface area contributed by atoms with E-state index < -0.39 is 5.97 Å². The Kier molecular flexibility index (Phi) is 5.22. The molecule has 2 fully saturated rings. The average molecular weight is 418 g/mol. The molecule has 2 saturated carbocycles. The fourth-order valence-electron chi connectivity index (χ4n) is 5.41. The largest absolute Gasteiger partial charge is 0.463 e. The summed E-state index contributed by atoms with van der Waals surface area (Å²) < 4.78 is 10.8. The van der Waals surface area contributed by atoms with Crippen LogP contribution in [0.2, 0.25) is 0 Å². The lowest BCUT2D eigenvalue weighted by molar-refractivity contribution is -0.125. The topological polar surface area (TPSA) is 81.4 Å². The predicted molar refractivity (Wildman–Crippen MR) is 116 cm³/mol. The minimum atomic E-state index is -0.547. The van der Waals surface area contributed by atoms with Crippen molar-refractivity contribution in [3.8, 4) is 11.5 Å². The maximum atomic E-state index is 12.9. The number of amides is 1. The smallest absolute Gasteiger partial charge is 0.339 e. The SMILES string of the molecule is C[C@H](NC(=O)COC(=O)c1cc(-c2ccco2)nc2ccccc12)[C@@H]1C[C@H]2CC[C@H]1C2. The van der Waals surface area contributed by atoms with Crippen LogP contribution in [0.5, 0.6) is 0 Å². The van der Waals surface area contributed by atoms with Crippen molar-refractivity contribution in [2.75, 3.05) is 6.61 Å². The molecule has 31 heavy (non-hydrogen) atoms. The number of benzene rings is 1. The van der Waals surface area contributed by atoms with Crippen molar-refractivity contribution < 1.29 is 18.7 Å². The van der Waals surface area contributed by atoms with Gasteiger partial charge in [-0.1, -0.05) is 24.6 Å². The Morgan fingerprint density at radius 1 is 1.19 bits per heavy atom. The molecule has 0 saturated heterocycles. The van der Waals surface area contributed by atoms with E-state index in [1.165, 1.54) is 25.7 Å². The highest BCUT2D eigenvalue weighted by atomic mass is 16.5. The van der Waals surface area contributed by atoms with Crippen LogP contribution in [0.1, 0.15) is 43.0 Å². The number of nitrogens with one attached hydrogen (secondary N) is 1. The number of nitrogens with zero attached hydrogens (tertiary/aromatic N) is 1. The molecule has 2 aliphatic rings. The summed E-state index contributed by atoms with van der Waals surface area (Å²) in [5.74, 6) is 1.86. The van der Waals surface area contributed by atoms with Gasteiger partial charge in [0.2, 0.25) is 0 Å². The Morgan fingerprint density at radius 2 is 2.06 bits per heavy atom. The van der Waals surface area contributed by atoms with Gasteiger partial charge in [0.25, 0.3) is 5.91 Å². The van der Waals surface area contributed by atoms with Gasteiger partial charge in [0.05, 0.1) is 17.3 Å². The van der Waals surface area contributed by atoms with Crippen molar-refractivity contribution in [2.24, 2.45) is 17.8 Å². The molecule has 2 heterocycles. The van der Waals surface area contributed by atoms with Crippen molar-refractivity contribution in [1.29, 1.82) is 0 Å². The van der Waals surface area contributed by atoms with Gasteiger partial charge in [0.15, 0.2) is 12.4 Å². The fourth-order valence-corrected chi connectivity index (χ4v) is 5.41. The number of carbonyl (C=O) groups excluding carboxylic acids is 2. The Hall–Kier alpha value is -3.15. The molecule has 2 aromatic heterocycles. The molecule has 6 nitrogen and oxygen atoms in total. The highest BCUT2D eigenvalue weighted by molar-refractivity contribution is 6.05. The van der Waals surface area contributed by atoms with E-state index in [9.17, 15) is 9.59 Å². The van der Waals surface area contributed by atoms with Crippen molar-refractivity contribution in [2.45, 2.75) is 38.6 Å². The molecule has 2 aliphatic carbocycles. The van der Waals surface area contributed by atoms with E-state index in [0.29, 0.717) is 33.8 Å². The van der Waals surface area contributed by atoms with Gasteiger partial charge in [-0.05, 0) is 68.2 Å². The number of hydrogen-bond donors (Lipinski definition) is 1. The van der Waals surface area contributed by atoms with Crippen LogP contribution in [0.25, 0.3) is 22.4 Å². The van der Waals surface area contributed by atoms with Gasteiger partial charge in [0.1, 0.15) is 5.69 Å². The van der Waals surface area contributed by atoms with Gasteiger partial charge in [-0.3, -0.25) is 4.79 Å². The van der Waals surface area contributed by atoms with Crippen molar-refractivity contribution in [3.05, 3.63) is 54.3 Å². The Bertz CT molecular complexity index is 1110. The Labute approximate surface area is 181 Å². The van der Waals surface area contributed by atoms with E-state index in [1.807, 2.05) is 24.3 Å². The van der Waals surface area contributed by atoms with Gasteiger partial charge in [-0.2, -0.15) is 0 Å². The molecule has 5 rings (SSSR count). The summed E-state index contributed by atoms with van der Waals surface area (Å²) in [5.41, 5.74) is 1.58. The second kappa shape index (κ2) is 8.17. The number of hydrogen-bond acceptors (Lipinski definition) is 5. The van der Waals surface area contributed by atoms with Gasteiger partial charge in [-0.15, -0.1) is 0 Å². The zero-order valence-corrected chi connectivity index (χ0v) is 17.5. The summed E-state index contributed by atoms with van der Waals surface area (Å²) in [5, 5.41) is 3.72. The van der Waals surface area contributed by atoms with Crippen molar-refractivity contribution in [1.82, 2.24) is 10.3 Å². The van der Waals surface area contributed by atoms with Crippen LogP contribution < -0.4 is 5.32 Å². The van der Waals surface area contributed by atoms with Gasteiger partial charge >= 0.3 is 5.97 Å². The van der Waals surface area contributed by atoms with E-state index in [1.54, 1.807) is 24.5 Å². The molecule has 6 heteroatoms. The Balaban J connectivity index is 1.27. The lowest BCUT2D eigenvalue weighted by atomic mass is 9.84. The van der Waals surface area contributed by atoms with Crippen LogP contribution in [0, 0.1) is 17.8 Å². The number of carbonyl (C=O) groups is 2. The third-order valence-corrected chi connectivity index (χ3v) is 6.87. The van der Waals surface area contributed by atoms with Gasteiger partial charge in [0, 0.05) is 11.4 Å². The first-order valence-electron chi connectivity index (χ1n) is 11.0. The second-order valence-corrected chi connectivity index (χ2v) is 8.82. The predicted octanol–water partition coefficient (Wildman–Crippen LogP) is 4.59. The molecule has 3 aromatic rings. The third-order valence-electron chi connectivity index (χ3n) is 6.87. The molecule has 1 aromatic carbocycles. The third kappa shape index (κ3) is 3.94. The van der Waals surface area contributed by atoms with Crippen LogP contribution >= 0.6 is 0 Å². The highest BCUT2D eigenvalue weighted by Crippen LogP contribution is 2.49. The fraction of sp³-hybridized carbons (Fsp3) is 0.400. The number of furan rings is 1.